The number of aromatic carboxylic acids is 1. The predicted molar refractivity (Wildman–Crippen MR) is 62.6 cm³/mol. The molecular weight excluding hydrogens is 240 g/mol. The van der Waals surface area contributed by atoms with Crippen molar-refractivity contribution in [1.29, 1.82) is 0 Å². The van der Waals surface area contributed by atoms with Crippen LogP contribution in [0.4, 0.5) is 8.78 Å². The topological polar surface area (TPSA) is 49.3 Å². The smallest absolute Gasteiger partial charge is 0.341 e. The lowest BCUT2D eigenvalue weighted by Crippen LogP contribution is -2.30. The molecule has 1 heterocycles. The zero-order valence-corrected chi connectivity index (χ0v) is 9.88. The fourth-order valence-electron chi connectivity index (χ4n) is 2.38. The van der Waals surface area contributed by atoms with Gasteiger partial charge in [0.2, 0.25) is 0 Å². The van der Waals surface area contributed by atoms with Crippen LogP contribution in [0.3, 0.4) is 0 Å². The average Bonchev–Trinajstić information content (AvgIpc) is 2.28. The van der Waals surface area contributed by atoms with Gasteiger partial charge in [0.25, 0.3) is 0 Å². The van der Waals surface area contributed by atoms with Crippen molar-refractivity contribution in [2.75, 3.05) is 13.1 Å². The minimum Gasteiger partial charge on any atom is -0.477 e. The molecule has 1 aromatic rings. The summed E-state index contributed by atoms with van der Waals surface area (Å²) in [6.07, 6.45) is 2.65. The highest BCUT2D eigenvalue weighted by Gasteiger charge is 2.20. The van der Waals surface area contributed by atoms with E-state index in [4.69, 9.17) is 5.11 Å². The van der Waals surface area contributed by atoms with Crippen molar-refractivity contribution in [1.82, 2.24) is 5.32 Å². The van der Waals surface area contributed by atoms with Crippen LogP contribution in [0.1, 0.15) is 28.8 Å². The standard InChI is InChI=1S/C13H15F2NO2/c14-10-5-9(4-8-2-1-3-16-7-8)6-11(15)12(10)13(17)18/h5-6,8,16H,1-4,7H2,(H,17,18). The Morgan fingerprint density at radius 2 is 2.06 bits per heavy atom. The van der Waals surface area contributed by atoms with Crippen LogP contribution < -0.4 is 5.32 Å². The molecule has 1 atom stereocenters. The summed E-state index contributed by atoms with van der Waals surface area (Å²) in [5.74, 6) is -3.22. The highest BCUT2D eigenvalue weighted by molar-refractivity contribution is 5.88. The van der Waals surface area contributed by atoms with Gasteiger partial charge in [-0.05, 0) is 56.0 Å². The van der Waals surface area contributed by atoms with Crippen molar-refractivity contribution in [3.05, 3.63) is 34.9 Å². The second kappa shape index (κ2) is 5.44. The number of carbonyl (C=O) groups is 1. The first-order chi connectivity index (χ1) is 8.58. The van der Waals surface area contributed by atoms with E-state index in [1.807, 2.05) is 0 Å². The molecule has 2 N–H and O–H groups in total. The van der Waals surface area contributed by atoms with E-state index in [-0.39, 0.29) is 0 Å². The quantitative estimate of drug-likeness (QED) is 0.870. The van der Waals surface area contributed by atoms with Crippen molar-refractivity contribution < 1.29 is 18.7 Å². The van der Waals surface area contributed by atoms with E-state index in [0.717, 1.165) is 38.1 Å². The fourth-order valence-corrected chi connectivity index (χ4v) is 2.38. The molecule has 0 aromatic heterocycles. The molecule has 1 aliphatic rings. The van der Waals surface area contributed by atoms with Crippen molar-refractivity contribution >= 4 is 5.97 Å². The van der Waals surface area contributed by atoms with Gasteiger partial charge in [-0.15, -0.1) is 0 Å². The van der Waals surface area contributed by atoms with Gasteiger partial charge in [-0.25, -0.2) is 13.6 Å². The van der Waals surface area contributed by atoms with Crippen molar-refractivity contribution in [3.63, 3.8) is 0 Å². The monoisotopic (exact) mass is 255 g/mol. The Kier molecular flexibility index (Phi) is 3.91. The third kappa shape index (κ3) is 2.85. The van der Waals surface area contributed by atoms with Crippen LogP contribution in [0.5, 0.6) is 0 Å². The number of piperidine rings is 1. The number of hydrogen-bond acceptors (Lipinski definition) is 2. The van der Waals surface area contributed by atoms with E-state index < -0.39 is 23.2 Å². The maximum absolute atomic E-state index is 13.5. The average molecular weight is 255 g/mol. The summed E-state index contributed by atoms with van der Waals surface area (Å²) in [5.41, 5.74) is -0.357. The molecule has 1 saturated heterocycles. The zero-order valence-electron chi connectivity index (χ0n) is 9.88. The number of rotatable bonds is 3. The maximum atomic E-state index is 13.5. The highest BCUT2D eigenvalue weighted by atomic mass is 19.1. The molecule has 0 aliphatic carbocycles. The molecule has 0 radical (unpaired) electrons. The van der Waals surface area contributed by atoms with Gasteiger partial charge in [-0.1, -0.05) is 0 Å². The van der Waals surface area contributed by atoms with Gasteiger partial charge in [0, 0.05) is 0 Å². The number of nitrogens with one attached hydrogen (secondary N) is 1. The molecule has 1 unspecified atom stereocenters. The van der Waals surface area contributed by atoms with Gasteiger partial charge in [0.1, 0.15) is 17.2 Å². The second-order valence-electron chi connectivity index (χ2n) is 4.66. The number of benzene rings is 1. The Labute approximate surface area is 104 Å². The molecule has 2 rings (SSSR count). The number of hydrogen-bond donors (Lipinski definition) is 2. The number of carboxylic acid groups (broad SMARTS) is 1. The van der Waals surface area contributed by atoms with Crippen LogP contribution >= 0.6 is 0 Å². The van der Waals surface area contributed by atoms with Crippen LogP contribution in [0, 0.1) is 17.6 Å². The van der Waals surface area contributed by atoms with Crippen LogP contribution in [0.15, 0.2) is 12.1 Å². The van der Waals surface area contributed by atoms with Gasteiger partial charge in [0.05, 0.1) is 0 Å². The van der Waals surface area contributed by atoms with Crippen LogP contribution in [0.2, 0.25) is 0 Å². The summed E-state index contributed by atoms with van der Waals surface area (Å²) in [6, 6.07) is 2.25. The normalized spacial score (nSPS) is 19.8. The molecule has 5 heteroatoms. The maximum Gasteiger partial charge on any atom is 0.341 e. The van der Waals surface area contributed by atoms with E-state index in [1.165, 1.54) is 0 Å². The van der Waals surface area contributed by atoms with Gasteiger partial charge in [-0.2, -0.15) is 0 Å². The van der Waals surface area contributed by atoms with Crippen molar-refractivity contribution in [3.8, 4) is 0 Å². The summed E-state index contributed by atoms with van der Waals surface area (Å²) in [7, 11) is 0. The summed E-state index contributed by atoms with van der Waals surface area (Å²) in [5, 5.41) is 11.9. The van der Waals surface area contributed by atoms with Crippen molar-refractivity contribution in [2.45, 2.75) is 19.3 Å². The molecule has 1 aromatic carbocycles. The van der Waals surface area contributed by atoms with Crippen LogP contribution in [-0.2, 0) is 6.42 Å². The zero-order chi connectivity index (χ0) is 13.1. The van der Waals surface area contributed by atoms with E-state index in [0.29, 0.717) is 17.9 Å². The summed E-state index contributed by atoms with van der Waals surface area (Å²) < 4.78 is 27.0. The summed E-state index contributed by atoms with van der Waals surface area (Å²) in [4.78, 5) is 10.7. The first-order valence-electron chi connectivity index (χ1n) is 6.00. The molecule has 0 amide bonds. The van der Waals surface area contributed by atoms with Gasteiger partial charge in [0.15, 0.2) is 0 Å². The predicted octanol–water partition coefficient (Wildman–Crippen LogP) is 2.21. The van der Waals surface area contributed by atoms with Crippen LogP contribution in [-0.4, -0.2) is 24.2 Å². The molecule has 0 bridgehead atoms. The third-order valence-corrected chi connectivity index (χ3v) is 3.24. The Bertz CT molecular complexity index is 433. The third-order valence-electron chi connectivity index (χ3n) is 3.24. The second-order valence-corrected chi connectivity index (χ2v) is 4.66. The van der Waals surface area contributed by atoms with Gasteiger partial charge in [-0.3, -0.25) is 0 Å². The molecule has 18 heavy (non-hydrogen) atoms. The Morgan fingerprint density at radius 1 is 1.39 bits per heavy atom. The van der Waals surface area contributed by atoms with Gasteiger partial charge >= 0.3 is 5.97 Å². The largest absolute Gasteiger partial charge is 0.477 e. The number of carboxylic acids is 1. The minimum absolute atomic E-state index is 0.355. The first-order valence-corrected chi connectivity index (χ1v) is 6.00. The lowest BCUT2D eigenvalue weighted by atomic mass is 9.92. The fraction of sp³-hybridized carbons (Fsp3) is 0.462. The van der Waals surface area contributed by atoms with E-state index in [9.17, 15) is 13.6 Å². The molecule has 1 fully saturated rings. The molecule has 1 aliphatic heterocycles. The molecular formula is C13H15F2NO2. The lowest BCUT2D eigenvalue weighted by molar-refractivity contribution is 0.0686. The van der Waals surface area contributed by atoms with Crippen LogP contribution in [0.25, 0.3) is 0 Å². The molecule has 3 nitrogen and oxygen atoms in total. The van der Waals surface area contributed by atoms with Crippen molar-refractivity contribution in [2.24, 2.45) is 5.92 Å². The summed E-state index contributed by atoms with van der Waals surface area (Å²) >= 11 is 0. The first kappa shape index (κ1) is 13.0. The Hall–Kier alpha value is -1.49. The Morgan fingerprint density at radius 3 is 2.56 bits per heavy atom. The SMILES string of the molecule is O=C(O)c1c(F)cc(CC2CCCNC2)cc1F. The highest BCUT2D eigenvalue weighted by Crippen LogP contribution is 2.20. The minimum atomic E-state index is -1.57. The number of halogens is 2. The lowest BCUT2D eigenvalue weighted by Gasteiger charge is -2.22. The molecule has 0 saturated carbocycles. The van der Waals surface area contributed by atoms with E-state index >= 15 is 0 Å². The summed E-state index contributed by atoms with van der Waals surface area (Å²) in [6.45, 7) is 1.82. The molecule has 0 spiro atoms. The Balaban J connectivity index is 2.17. The van der Waals surface area contributed by atoms with E-state index in [2.05, 4.69) is 5.32 Å². The molecule has 98 valence electrons. The van der Waals surface area contributed by atoms with Gasteiger partial charge < -0.3 is 10.4 Å². The van der Waals surface area contributed by atoms with E-state index in [1.54, 1.807) is 0 Å².